The summed E-state index contributed by atoms with van der Waals surface area (Å²) < 4.78 is 0. The number of hydrogen-bond acceptors (Lipinski definition) is 3. The van der Waals surface area contributed by atoms with E-state index in [9.17, 15) is 14.4 Å². The van der Waals surface area contributed by atoms with Crippen LogP contribution in [0.1, 0.15) is 34.8 Å². The van der Waals surface area contributed by atoms with Crippen LogP contribution in [0.5, 0.6) is 0 Å². The van der Waals surface area contributed by atoms with E-state index in [1.807, 2.05) is 0 Å². The van der Waals surface area contributed by atoms with Gasteiger partial charge < -0.3 is 10.1 Å². The zero-order valence-electron chi connectivity index (χ0n) is 10.5. The lowest BCUT2D eigenvalue weighted by Crippen LogP contribution is -2.39. The van der Waals surface area contributed by atoms with E-state index in [0.29, 0.717) is 23.0 Å². The summed E-state index contributed by atoms with van der Waals surface area (Å²) in [6, 6.07) is 6.61. The van der Waals surface area contributed by atoms with Gasteiger partial charge in [0.1, 0.15) is 0 Å². The van der Waals surface area contributed by atoms with Gasteiger partial charge in [-0.05, 0) is 24.6 Å². The third-order valence-corrected chi connectivity index (χ3v) is 3.53. The van der Waals surface area contributed by atoms with Gasteiger partial charge in [-0.1, -0.05) is 6.07 Å². The molecule has 2 heterocycles. The van der Waals surface area contributed by atoms with Crippen LogP contribution in [-0.2, 0) is 9.59 Å². The highest BCUT2D eigenvalue weighted by atomic mass is 16.4. The van der Waals surface area contributed by atoms with Crippen molar-refractivity contribution in [3.05, 3.63) is 35.5 Å². The number of nitrogens with one attached hydrogen (secondary N) is 2. The number of imide groups is 1. The van der Waals surface area contributed by atoms with E-state index >= 15 is 0 Å². The fraction of sp³-hybridized carbons (Fsp3) is 0.214. The molecule has 0 aliphatic carbocycles. The number of H-pyrrole nitrogens is 1. The maximum atomic E-state index is 11.8. The van der Waals surface area contributed by atoms with Gasteiger partial charge in [0.2, 0.25) is 11.8 Å². The molecule has 0 spiro atoms. The molecule has 1 fully saturated rings. The predicted molar refractivity (Wildman–Crippen MR) is 70.4 cm³/mol. The highest BCUT2D eigenvalue weighted by Gasteiger charge is 2.29. The lowest BCUT2D eigenvalue weighted by Gasteiger charge is -2.19. The monoisotopic (exact) mass is 272 g/mol. The maximum absolute atomic E-state index is 11.8. The van der Waals surface area contributed by atoms with Crippen molar-refractivity contribution in [2.24, 2.45) is 0 Å². The van der Waals surface area contributed by atoms with E-state index in [1.165, 1.54) is 6.07 Å². The fourth-order valence-electron chi connectivity index (χ4n) is 2.54. The van der Waals surface area contributed by atoms with Gasteiger partial charge in [0, 0.05) is 23.0 Å². The van der Waals surface area contributed by atoms with Gasteiger partial charge >= 0.3 is 5.97 Å². The summed E-state index contributed by atoms with van der Waals surface area (Å²) in [6.07, 6.45) is 0.720. The van der Waals surface area contributed by atoms with Crippen LogP contribution >= 0.6 is 0 Å². The van der Waals surface area contributed by atoms with Crippen LogP contribution in [0.15, 0.2) is 24.3 Å². The van der Waals surface area contributed by atoms with Gasteiger partial charge in [0.05, 0.1) is 11.5 Å². The van der Waals surface area contributed by atoms with Gasteiger partial charge in [-0.2, -0.15) is 0 Å². The van der Waals surface area contributed by atoms with Crippen LogP contribution < -0.4 is 5.32 Å². The summed E-state index contributed by atoms with van der Waals surface area (Å²) >= 11 is 0. The van der Waals surface area contributed by atoms with Crippen molar-refractivity contribution in [3.8, 4) is 0 Å². The highest BCUT2D eigenvalue weighted by molar-refractivity contribution is 6.04. The van der Waals surface area contributed by atoms with Crippen molar-refractivity contribution in [1.29, 1.82) is 0 Å². The van der Waals surface area contributed by atoms with Crippen molar-refractivity contribution in [1.82, 2.24) is 10.3 Å². The summed E-state index contributed by atoms with van der Waals surface area (Å²) in [5.74, 6) is -2.07. The highest BCUT2D eigenvalue weighted by Crippen LogP contribution is 2.28. The number of fused-ring (bicyclic) bond motifs is 1. The molecular formula is C14H12N2O4. The molecule has 1 aromatic heterocycles. The second-order valence-electron chi connectivity index (χ2n) is 4.80. The van der Waals surface area contributed by atoms with E-state index in [0.717, 1.165) is 0 Å². The number of piperidine rings is 1. The number of aromatic carboxylic acids is 1. The standard InChI is InChI=1S/C14H12N2O4/c17-12-5-4-8(13(18)16-12)11-6-9-7(14(19)20)2-1-3-10(9)15-11/h1-3,6,8,15H,4-5H2,(H,19,20)(H,16,17,18). The van der Waals surface area contributed by atoms with Gasteiger partial charge in [-0.25, -0.2) is 4.79 Å². The summed E-state index contributed by atoms with van der Waals surface area (Å²) in [5, 5.41) is 12.0. The number of aromatic amines is 1. The van der Waals surface area contributed by atoms with Crippen LogP contribution in [0.2, 0.25) is 0 Å². The van der Waals surface area contributed by atoms with Crippen molar-refractivity contribution in [3.63, 3.8) is 0 Å². The SMILES string of the molecule is O=C1CCC(c2cc3c(C(=O)O)cccc3[nH]2)C(=O)N1. The van der Waals surface area contributed by atoms with Crippen molar-refractivity contribution < 1.29 is 19.5 Å². The normalized spacial score (nSPS) is 19.1. The summed E-state index contributed by atoms with van der Waals surface area (Å²) in [7, 11) is 0. The fourth-order valence-corrected chi connectivity index (χ4v) is 2.54. The molecule has 6 nitrogen and oxygen atoms in total. The van der Waals surface area contributed by atoms with Gasteiger partial charge in [0.15, 0.2) is 0 Å². The zero-order valence-corrected chi connectivity index (χ0v) is 10.5. The molecule has 1 saturated heterocycles. The number of carboxylic acids is 1. The van der Waals surface area contributed by atoms with E-state index in [4.69, 9.17) is 5.11 Å². The minimum Gasteiger partial charge on any atom is -0.478 e. The third-order valence-electron chi connectivity index (χ3n) is 3.53. The molecule has 20 heavy (non-hydrogen) atoms. The molecule has 0 bridgehead atoms. The number of carbonyl (C=O) groups excluding carboxylic acids is 2. The Kier molecular flexibility index (Phi) is 2.78. The predicted octanol–water partition coefficient (Wildman–Crippen LogP) is 1.39. The molecule has 3 N–H and O–H groups in total. The number of amides is 2. The maximum Gasteiger partial charge on any atom is 0.336 e. The van der Waals surface area contributed by atoms with E-state index in [1.54, 1.807) is 18.2 Å². The first-order chi connectivity index (χ1) is 9.56. The average Bonchev–Trinajstić information content (AvgIpc) is 2.81. The number of carboxylic acid groups (broad SMARTS) is 1. The third kappa shape index (κ3) is 1.95. The Labute approximate surface area is 113 Å². The van der Waals surface area contributed by atoms with Crippen molar-refractivity contribution >= 4 is 28.7 Å². The molecule has 1 aliphatic rings. The first-order valence-corrected chi connectivity index (χ1v) is 6.25. The summed E-state index contributed by atoms with van der Waals surface area (Å²) in [5.41, 5.74) is 1.50. The summed E-state index contributed by atoms with van der Waals surface area (Å²) in [4.78, 5) is 37.2. The molecule has 102 valence electrons. The number of carbonyl (C=O) groups is 3. The molecule has 1 aliphatic heterocycles. The molecule has 6 heteroatoms. The van der Waals surface area contributed by atoms with Gasteiger partial charge in [-0.3, -0.25) is 14.9 Å². The van der Waals surface area contributed by atoms with Crippen LogP contribution in [0.3, 0.4) is 0 Å². The van der Waals surface area contributed by atoms with Crippen LogP contribution in [0.4, 0.5) is 0 Å². The Hall–Kier alpha value is -2.63. The minimum absolute atomic E-state index is 0.192. The van der Waals surface area contributed by atoms with Crippen LogP contribution in [-0.4, -0.2) is 27.9 Å². The smallest absolute Gasteiger partial charge is 0.336 e. The Bertz CT molecular complexity index is 732. The topological polar surface area (TPSA) is 99.3 Å². The van der Waals surface area contributed by atoms with Crippen LogP contribution in [0, 0.1) is 0 Å². The molecule has 0 saturated carbocycles. The Morgan fingerprint density at radius 1 is 1.30 bits per heavy atom. The number of aromatic nitrogens is 1. The Morgan fingerprint density at radius 3 is 2.80 bits per heavy atom. The molecule has 0 radical (unpaired) electrons. The first kappa shape index (κ1) is 12.4. The van der Waals surface area contributed by atoms with E-state index in [-0.39, 0.29) is 23.8 Å². The zero-order chi connectivity index (χ0) is 14.3. The molecular weight excluding hydrogens is 260 g/mol. The largest absolute Gasteiger partial charge is 0.478 e. The van der Waals surface area contributed by atoms with E-state index in [2.05, 4.69) is 10.3 Å². The molecule has 2 aromatic rings. The van der Waals surface area contributed by atoms with E-state index < -0.39 is 11.9 Å². The number of benzene rings is 1. The number of hydrogen-bond donors (Lipinski definition) is 3. The second kappa shape index (κ2) is 4.48. The first-order valence-electron chi connectivity index (χ1n) is 6.25. The molecule has 2 amide bonds. The summed E-state index contributed by atoms with van der Waals surface area (Å²) in [6.45, 7) is 0. The van der Waals surface area contributed by atoms with Crippen molar-refractivity contribution in [2.75, 3.05) is 0 Å². The van der Waals surface area contributed by atoms with Crippen LogP contribution in [0.25, 0.3) is 10.9 Å². The van der Waals surface area contributed by atoms with Gasteiger partial charge in [-0.15, -0.1) is 0 Å². The lowest BCUT2D eigenvalue weighted by atomic mass is 9.94. The molecule has 1 atom stereocenters. The molecule has 3 rings (SSSR count). The molecule has 1 aromatic carbocycles. The Morgan fingerprint density at radius 2 is 2.10 bits per heavy atom. The minimum atomic E-state index is -1.01. The second-order valence-corrected chi connectivity index (χ2v) is 4.80. The van der Waals surface area contributed by atoms with Gasteiger partial charge in [0.25, 0.3) is 0 Å². The number of rotatable bonds is 2. The lowest BCUT2D eigenvalue weighted by molar-refractivity contribution is -0.134. The average molecular weight is 272 g/mol. The van der Waals surface area contributed by atoms with Crippen molar-refractivity contribution in [2.45, 2.75) is 18.8 Å². The molecule has 1 unspecified atom stereocenters. The Balaban J connectivity index is 2.05. The quantitative estimate of drug-likeness (QED) is 0.719.